The Hall–Kier alpha value is -1.85. The van der Waals surface area contributed by atoms with E-state index in [0.717, 1.165) is 18.5 Å². The van der Waals surface area contributed by atoms with Crippen molar-refractivity contribution in [1.82, 2.24) is 15.1 Å². The minimum atomic E-state index is -0.764. The fourth-order valence-corrected chi connectivity index (χ4v) is 2.33. The number of carboxylic acids is 1. The molecule has 0 spiro atoms. The van der Waals surface area contributed by atoms with Crippen LogP contribution in [0.3, 0.4) is 0 Å². The molecule has 1 aromatic heterocycles. The third-order valence-electron chi connectivity index (χ3n) is 3.62. The van der Waals surface area contributed by atoms with Crippen molar-refractivity contribution in [3.63, 3.8) is 0 Å². The Balaban J connectivity index is 2.43. The fraction of sp³-hybridized carbons (Fsp3) is 0.667. The van der Waals surface area contributed by atoms with Gasteiger partial charge in [-0.25, -0.2) is 0 Å². The van der Waals surface area contributed by atoms with Gasteiger partial charge >= 0.3 is 5.97 Å². The Bertz CT molecular complexity index is 483. The van der Waals surface area contributed by atoms with Crippen LogP contribution in [0.1, 0.15) is 55.7 Å². The fourth-order valence-electron chi connectivity index (χ4n) is 2.33. The van der Waals surface area contributed by atoms with E-state index in [1.165, 1.54) is 0 Å². The van der Waals surface area contributed by atoms with E-state index in [1.54, 1.807) is 10.7 Å². The number of rotatable bonds is 9. The van der Waals surface area contributed by atoms with Crippen molar-refractivity contribution in [2.45, 2.75) is 53.0 Å². The standard InChI is InChI=1S/C15H25N3O3/c1-4-12(6-7-14(19)20)8-9-16-15(21)13-10-11(3)17-18(13)5-2/h10,12H,4-9H2,1-3H3,(H,16,21)(H,19,20). The molecule has 1 heterocycles. The summed E-state index contributed by atoms with van der Waals surface area (Å²) < 4.78 is 1.69. The molecule has 0 radical (unpaired) electrons. The number of carbonyl (C=O) groups is 2. The summed E-state index contributed by atoms with van der Waals surface area (Å²) in [4.78, 5) is 22.7. The zero-order valence-corrected chi connectivity index (χ0v) is 13.1. The Labute approximate surface area is 125 Å². The van der Waals surface area contributed by atoms with E-state index in [2.05, 4.69) is 10.4 Å². The summed E-state index contributed by atoms with van der Waals surface area (Å²) in [5.74, 6) is -0.551. The van der Waals surface area contributed by atoms with E-state index in [0.29, 0.717) is 31.1 Å². The zero-order valence-electron chi connectivity index (χ0n) is 13.1. The average Bonchev–Trinajstić information content (AvgIpc) is 2.83. The van der Waals surface area contributed by atoms with Crippen molar-refractivity contribution < 1.29 is 14.7 Å². The van der Waals surface area contributed by atoms with Crippen molar-refractivity contribution in [3.05, 3.63) is 17.5 Å². The zero-order chi connectivity index (χ0) is 15.8. The van der Waals surface area contributed by atoms with Crippen LogP contribution in [0.25, 0.3) is 0 Å². The molecule has 1 aromatic rings. The number of aliphatic carboxylic acids is 1. The molecule has 1 atom stereocenters. The van der Waals surface area contributed by atoms with E-state index in [-0.39, 0.29) is 12.3 Å². The Kier molecular flexibility index (Phi) is 6.91. The average molecular weight is 295 g/mol. The van der Waals surface area contributed by atoms with Crippen LogP contribution in [-0.2, 0) is 11.3 Å². The van der Waals surface area contributed by atoms with Gasteiger partial charge in [0.25, 0.3) is 5.91 Å². The van der Waals surface area contributed by atoms with E-state index in [9.17, 15) is 9.59 Å². The maximum absolute atomic E-state index is 12.1. The van der Waals surface area contributed by atoms with Crippen molar-refractivity contribution >= 4 is 11.9 Å². The van der Waals surface area contributed by atoms with E-state index in [4.69, 9.17) is 5.11 Å². The first kappa shape index (κ1) is 17.2. The van der Waals surface area contributed by atoms with Gasteiger partial charge in [0, 0.05) is 19.5 Å². The number of amides is 1. The van der Waals surface area contributed by atoms with Gasteiger partial charge in [-0.2, -0.15) is 5.10 Å². The Morgan fingerprint density at radius 2 is 2.10 bits per heavy atom. The second-order valence-corrected chi connectivity index (χ2v) is 5.24. The number of aromatic nitrogens is 2. The van der Waals surface area contributed by atoms with E-state index < -0.39 is 5.97 Å². The highest BCUT2D eigenvalue weighted by Gasteiger charge is 2.14. The molecule has 118 valence electrons. The van der Waals surface area contributed by atoms with Gasteiger partial charge in [-0.05, 0) is 38.7 Å². The normalized spacial score (nSPS) is 12.1. The molecular weight excluding hydrogens is 270 g/mol. The molecule has 1 rings (SSSR count). The molecule has 2 N–H and O–H groups in total. The summed E-state index contributed by atoms with van der Waals surface area (Å²) >= 11 is 0. The van der Waals surface area contributed by atoms with Crippen LogP contribution in [0, 0.1) is 12.8 Å². The molecule has 0 aromatic carbocycles. The van der Waals surface area contributed by atoms with Gasteiger partial charge in [0.1, 0.15) is 5.69 Å². The maximum atomic E-state index is 12.1. The number of aryl methyl sites for hydroxylation is 2. The Morgan fingerprint density at radius 3 is 2.67 bits per heavy atom. The first-order valence-electron chi connectivity index (χ1n) is 7.52. The predicted octanol–water partition coefficient (Wildman–Crippen LogP) is 2.22. The van der Waals surface area contributed by atoms with Crippen LogP contribution in [0.5, 0.6) is 0 Å². The van der Waals surface area contributed by atoms with Gasteiger partial charge in [-0.15, -0.1) is 0 Å². The number of hydrogen-bond donors (Lipinski definition) is 2. The largest absolute Gasteiger partial charge is 0.481 e. The molecule has 0 aliphatic heterocycles. The molecule has 6 nitrogen and oxygen atoms in total. The van der Waals surface area contributed by atoms with Crippen molar-refractivity contribution in [3.8, 4) is 0 Å². The molecule has 0 saturated heterocycles. The molecular formula is C15H25N3O3. The summed E-state index contributed by atoms with van der Waals surface area (Å²) in [7, 11) is 0. The molecule has 21 heavy (non-hydrogen) atoms. The third kappa shape index (κ3) is 5.57. The minimum absolute atomic E-state index is 0.120. The van der Waals surface area contributed by atoms with E-state index in [1.807, 2.05) is 20.8 Å². The lowest BCUT2D eigenvalue weighted by atomic mass is 9.96. The highest BCUT2D eigenvalue weighted by atomic mass is 16.4. The van der Waals surface area contributed by atoms with Crippen LogP contribution in [0.2, 0.25) is 0 Å². The first-order valence-corrected chi connectivity index (χ1v) is 7.52. The summed E-state index contributed by atoms with van der Waals surface area (Å²) in [6, 6.07) is 1.78. The van der Waals surface area contributed by atoms with Gasteiger partial charge in [-0.1, -0.05) is 13.3 Å². The van der Waals surface area contributed by atoms with E-state index >= 15 is 0 Å². The van der Waals surface area contributed by atoms with Crippen LogP contribution in [-0.4, -0.2) is 33.3 Å². The van der Waals surface area contributed by atoms with Gasteiger partial charge in [-0.3, -0.25) is 14.3 Å². The quantitative estimate of drug-likeness (QED) is 0.731. The highest BCUT2D eigenvalue weighted by Crippen LogP contribution is 2.14. The second kappa shape index (κ2) is 8.44. The molecule has 0 bridgehead atoms. The first-order chi connectivity index (χ1) is 9.97. The smallest absolute Gasteiger partial charge is 0.303 e. The number of nitrogens with zero attached hydrogens (tertiary/aromatic N) is 2. The van der Waals surface area contributed by atoms with Gasteiger partial charge in [0.2, 0.25) is 0 Å². The highest BCUT2D eigenvalue weighted by molar-refractivity contribution is 5.92. The predicted molar refractivity (Wildman–Crippen MR) is 80.2 cm³/mol. The van der Waals surface area contributed by atoms with Crippen LogP contribution < -0.4 is 5.32 Å². The molecule has 0 saturated carbocycles. The molecule has 0 aliphatic rings. The molecule has 6 heteroatoms. The van der Waals surface area contributed by atoms with Gasteiger partial charge < -0.3 is 10.4 Å². The monoisotopic (exact) mass is 295 g/mol. The molecule has 1 amide bonds. The van der Waals surface area contributed by atoms with Crippen molar-refractivity contribution in [2.24, 2.45) is 5.92 Å². The SMILES string of the molecule is CCC(CCNC(=O)c1cc(C)nn1CC)CCC(=O)O. The van der Waals surface area contributed by atoms with Gasteiger partial charge in [0.05, 0.1) is 5.69 Å². The van der Waals surface area contributed by atoms with Crippen LogP contribution in [0.4, 0.5) is 0 Å². The van der Waals surface area contributed by atoms with Crippen molar-refractivity contribution in [2.75, 3.05) is 6.54 Å². The number of carbonyl (C=O) groups excluding carboxylic acids is 1. The Morgan fingerprint density at radius 1 is 1.38 bits per heavy atom. The summed E-state index contributed by atoms with van der Waals surface area (Å²) in [6.07, 6.45) is 2.58. The summed E-state index contributed by atoms with van der Waals surface area (Å²) in [5, 5.41) is 15.8. The summed E-state index contributed by atoms with van der Waals surface area (Å²) in [5.41, 5.74) is 1.41. The van der Waals surface area contributed by atoms with Crippen molar-refractivity contribution in [1.29, 1.82) is 0 Å². The van der Waals surface area contributed by atoms with Crippen LogP contribution >= 0.6 is 0 Å². The molecule has 1 unspecified atom stereocenters. The summed E-state index contributed by atoms with van der Waals surface area (Å²) in [6.45, 7) is 7.08. The van der Waals surface area contributed by atoms with Gasteiger partial charge in [0.15, 0.2) is 0 Å². The molecule has 0 aliphatic carbocycles. The lowest BCUT2D eigenvalue weighted by Crippen LogP contribution is -2.28. The topological polar surface area (TPSA) is 84.2 Å². The lowest BCUT2D eigenvalue weighted by Gasteiger charge is -2.14. The molecule has 0 fully saturated rings. The number of nitrogens with one attached hydrogen (secondary N) is 1. The number of carboxylic acid groups (broad SMARTS) is 1. The third-order valence-corrected chi connectivity index (χ3v) is 3.62. The maximum Gasteiger partial charge on any atom is 0.303 e. The minimum Gasteiger partial charge on any atom is -0.481 e. The van der Waals surface area contributed by atoms with Crippen LogP contribution in [0.15, 0.2) is 6.07 Å². The second-order valence-electron chi connectivity index (χ2n) is 5.24. The number of hydrogen-bond acceptors (Lipinski definition) is 3. The lowest BCUT2D eigenvalue weighted by molar-refractivity contribution is -0.137.